The molecule has 9 nitrogen and oxygen atoms in total. The highest BCUT2D eigenvalue weighted by Gasteiger charge is 2.21. The fraction of sp³-hybridized carbons (Fsp3) is 0.348. The fourth-order valence-corrected chi connectivity index (χ4v) is 3.56. The van der Waals surface area contributed by atoms with Crippen LogP contribution in [0.4, 0.5) is 5.82 Å². The van der Waals surface area contributed by atoms with Gasteiger partial charge >= 0.3 is 6.01 Å². The zero-order valence-corrected chi connectivity index (χ0v) is 17.7. The lowest BCUT2D eigenvalue weighted by molar-refractivity contribution is 0.122. The van der Waals surface area contributed by atoms with E-state index in [1.54, 1.807) is 6.20 Å². The first-order chi connectivity index (χ1) is 15.8. The highest BCUT2D eigenvalue weighted by Crippen LogP contribution is 2.29. The van der Waals surface area contributed by atoms with Crippen molar-refractivity contribution in [2.75, 3.05) is 37.8 Å². The van der Waals surface area contributed by atoms with E-state index in [-0.39, 0.29) is 12.6 Å². The van der Waals surface area contributed by atoms with Crippen molar-refractivity contribution in [1.82, 2.24) is 15.0 Å². The molecule has 1 aliphatic rings. The Hall–Kier alpha value is -3.43. The van der Waals surface area contributed by atoms with Gasteiger partial charge in [0, 0.05) is 37.5 Å². The van der Waals surface area contributed by atoms with Crippen molar-refractivity contribution in [3.8, 4) is 6.01 Å². The van der Waals surface area contributed by atoms with Gasteiger partial charge in [-0.2, -0.15) is 15.1 Å². The first kappa shape index (κ1) is 21.8. The summed E-state index contributed by atoms with van der Waals surface area (Å²) in [5.74, 6) is 0.720. The third kappa shape index (κ3) is 5.43. The monoisotopic (exact) mass is 434 g/mol. The topological polar surface area (TPSA) is 117 Å². The second-order valence-electron chi connectivity index (χ2n) is 7.39. The SMILES string of the molecule is N=NC(c1cccc(CO)c1)c1cc(N2CCOCC2)nc(OCCc2ccccn2)n1. The number of benzene rings is 1. The standard InChI is InChI=1S/C23H26N6O3/c24-28-22(18-5-3-4-17(14-18)16-30)20-15-21(29-9-12-31-13-10-29)27-23(26-20)32-11-7-19-6-1-2-8-25-19/h1-6,8,14-15,22,24,30H,7,9-13,16H2. The minimum atomic E-state index is -0.623. The van der Waals surface area contributed by atoms with E-state index in [4.69, 9.17) is 15.0 Å². The lowest BCUT2D eigenvalue weighted by atomic mass is 10.0. The maximum atomic E-state index is 9.49. The van der Waals surface area contributed by atoms with Crippen LogP contribution in [0.15, 0.2) is 59.8 Å². The van der Waals surface area contributed by atoms with Crippen molar-refractivity contribution < 1.29 is 14.6 Å². The molecule has 1 atom stereocenters. The van der Waals surface area contributed by atoms with Gasteiger partial charge in [0.15, 0.2) is 0 Å². The summed E-state index contributed by atoms with van der Waals surface area (Å²) in [6.45, 7) is 2.98. The van der Waals surface area contributed by atoms with Crippen molar-refractivity contribution in [2.45, 2.75) is 19.1 Å². The van der Waals surface area contributed by atoms with E-state index in [0.717, 1.165) is 22.6 Å². The molecular formula is C23H26N6O3. The summed E-state index contributed by atoms with van der Waals surface area (Å²) in [7, 11) is 0. The average molecular weight is 435 g/mol. The number of nitrogens with one attached hydrogen (secondary N) is 1. The number of morpholine rings is 1. The zero-order valence-electron chi connectivity index (χ0n) is 17.7. The Bertz CT molecular complexity index is 1030. The van der Waals surface area contributed by atoms with E-state index in [2.05, 4.69) is 25.0 Å². The predicted molar refractivity (Wildman–Crippen MR) is 118 cm³/mol. The summed E-state index contributed by atoms with van der Waals surface area (Å²) < 4.78 is 11.4. The van der Waals surface area contributed by atoms with Crippen molar-refractivity contribution in [1.29, 1.82) is 5.53 Å². The zero-order chi connectivity index (χ0) is 22.2. The van der Waals surface area contributed by atoms with Crippen LogP contribution >= 0.6 is 0 Å². The second-order valence-corrected chi connectivity index (χ2v) is 7.39. The maximum Gasteiger partial charge on any atom is 0.318 e. The summed E-state index contributed by atoms with van der Waals surface area (Å²) in [6.07, 6.45) is 2.38. The van der Waals surface area contributed by atoms with E-state index in [1.165, 1.54) is 0 Å². The smallest absolute Gasteiger partial charge is 0.318 e. The minimum absolute atomic E-state index is 0.0801. The molecule has 0 saturated carbocycles. The summed E-state index contributed by atoms with van der Waals surface area (Å²) in [6, 6.07) is 14.6. The number of aliphatic hydroxyl groups excluding tert-OH is 1. The molecule has 3 aromatic rings. The molecule has 1 aliphatic heterocycles. The number of ether oxygens (including phenoxy) is 2. The van der Waals surface area contributed by atoms with Gasteiger partial charge in [-0.25, -0.2) is 5.53 Å². The molecule has 166 valence electrons. The van der Waals surface area contributed by atoms with Gasteiger partial charge in [-0.05, 0) is 23.3 Å². The summed E-state index contributed by atoms with van der Waals surface area (Å²) in [4.78, 5) is 15.6. The lowest BCUT2D eigenvalue weighted by Gasteiger charge is -2.28. The van der Waals surface area contributed by atoms with Crippen LogP contribution in [0.2, 0.25) is 0 Å². The number of aromatic nitrogens is 3. The van der Waals surface area contributed by atoms with E-state index < -0.39 is 6.04 Å². The third-order valence-corrected chi connectivity index (χ3v) is 5.22. The molecule has 9 heteroatoms. The van der Waals surface area contributed by atoms with Gasteiger partial charge in [-0.15, -0.1) is 0 Å². The number of anilines is 1. The number of hydrogen-bond donors (Lipinski definition) is 2. The van der Waals surface area contributed by atoms with Gasteiger partial charge in [0.2, 0.25) is 0 Å². The van der Waals surface area contributed by atoms with Gasteiger partial charge in [-0.3, -0.25) is 4.98 Å². The van der Waals surface area contributed by atoms with Crippen molar-refractivity contribution >= 4 is 5.82 Å². The first-order valence-corrected chi connectivity index (χ1v) is 10.6. The molecule has 0 aliphatic carbocycles. The van der Waals surface area contributed by atoms with Crippen LogP contribution in [0, 0.1) is 5.53 Å². The molecule has 0 amide bonds. The van der Waals surface area contributed by atoms with Crippen molar-refractivity contribution in [3.63, 3.8) is 0 Å². The number of nitrogens with zero attached hydrogens (tertiary/aromatic N) is 5. The van der Waals surface area contributed by atoms with Crippen molar-refractivity contribution in [2.24, 2.45) is 5.11 Å². The molecule has 0 radical (unpaired) electrons. The number of aliphatic hydroxyl groups is 1. The molecule has 1 unspecified atom stereocenters. The molecule has 0 bridgehead atoms. The Kier molecular flexibility index (Phi) is 7.31. The lowest BCUT2D eigenvalue weighted by Crippen LogP contribution is -2.37. The molecule has 1 aromatic carbocycles. The van der Waals surface area contributed by atoms with Gasteiger partial charge in [-0.1, -0.05) is 30.3 Å². The van der Waals surface area contributed by atoms with Crippen LogP contribution in [0.5, 0.6) is 6.01 Å². The highest BCUT2D eigenvalue weighted by atomic mass is 16.5. The Labute approximate surface area is 186 Å². The quantitative estimate of drug-likeness (QED) is 0.497. The van der Waals surface area contributed by atoms with E-state index in [1.807, 2.05) is 48.5 Å². The van der Waals surface area contributed by atoms with Crippen molar-refractivity contribution in [3.05, 3.63) is 77.2 Å². The summed E-state index contributed by atoms with van der Waals surface area (Å²) >= 11 is 0. The molecule has 2 N–H and O–H groups in total. The van der Waals surface area contributed by atoms with Crippen LogP contribution in [0.25, 0.3) is 0 Å². The Balaban J connectivity index is 1.61. The first-order valence-electron chi connectivity index (χ1n) is 10.6. The van der Waals surface area contributed by atoms with Crippen LogP contribution in [-0.4, -0.2) is 53.0 Å². The normalized spacial score (nSPS) is 14.7. The minimum Gasteiger partial charge on any atom is -0.463 e. The van der Waals surface area contributed by atoms with Gasteiger partial charge in [0.05, 0.1) is 32.1 Å². The van der Waals surface area contributed by atoms with Gasteiger partial charge in [0.25, 0.3) is 0 Å². The van der Waals surface area contributed by atoms with Crippen LogP contribution < -0.4 is 9.64 Å². The number of pyridine rings is 1. The molecular weight excluding hydrogens is 408 g/mol. The fourth-order valence-electron chi connectivity index (χ4n) is 3.56. The molecule has 4 rings (SSSR count). The Morgan fingerprint density at radius 2 is 2.00 bits per heavy atom. The van der Waals surface area contributed by atoms with Gasteiger partial charge in [0.1, 0.15) is 11.9 Å². The maximum absolute atomic E-state index is 9.49. The average Bonchev–Trinajstić information content (AvgIpc) is 2.86. The van der Waals surface area contributed by atoms with Gasteiger partial charge < -0.3 is 19.5 Å². The molecule has 32 heavy (non-hydrogen) atoms. The predicted octanol–water partition coefficient (Wildman–Crippen LogP) is 2.94. The Morgan fingerprint density at radius 3 is 2.75 bits per heavy atom. The summed E-state index contributed by atoms with van der Waals surface area (Å²) in [5, 5.41) is 13.3. The Morgan fingerprint density at radius 1 is 1.12 bits per heavy atom. The molecule has 0 spiro atoms. The second kappa shape index (κ2) is 10.7. The highest BCUT2D eigenvalue weighted by molar-refractivity contribution is 5.44. The molecule has 3 heterocycles. The molecule has 2 aromatic heterocycles. The molecule has 1 saturated heterocycles. The van der Waals surface area contributed by atoms with Crippen LogP contribution in [-0.2, 0) is 17.8 Å². The van der Waals surface area contributed by atoms with Crippen LogP contribution in [0.3, 0.4) is 0 Å². The number of rotatable bonds is 9. The largest absolute Gasteiger partial charge is 0.463 e. The van der Waals surface area contributed by atoms with E-state index in [9.17, 15) is 5.11 Å². The van der Waals surface area contributed by atoms with E-state index in [0.29, 0.717) is 45.0 Å². The number of hydrogen-bond acceptors (Lipinski definition) is 9. The summed E-state index contributed by atoms with van der Waals surface area (Å²) in [5.41, 5.74) is 10.8. The third-order valence-electron chi connectivity index (χ3n) is 5.22. The molecule has 1 fully saturated rings. The van der Waals surface area contributed by atoms with E-state index >= 15 is 0 Å². The van der Waals surface area contributed by atoms with Crippen LogP contribution in [0.1, 0.15) is 28.6 Å².